The lowest BCUT2D eigenvalue weighted by Crippen LogP contribution is -2.17. The Labute approximate surface area is 85.6 Å². The van der Waals surface area contributed by atoms with E-state index in [0.29, 0.717) is 18.8 Å². The predicted molar refractivity (Wildman–Crippen MR) is 48.2 cm³/mol. The highest BCUT2D eigenvalue weighted by molar-refractivity contribution is 5.02. The number of aryl methyl sites for hydroxylation is 1. The zero-order chi connectivity index (χ0) is 11.3. The van der Waals surface area contributed by atoms with Crippen LogP contribution in [0.2, 0.25) is 0 Å². The van der Waals surface area contributed by atoms with Gasteiger partial charge in [-0.3, -0.25) is 0 Å². The third-order valence-corrected chi connectivity index (χ3v) is 1.79. The van der Waals surface area contributed by atoms with Crippen LogP contribution in [0.1, 0.15) is 24.3 Å². The third kappa shape index (κ3) is 5.41. The van der Waals surface area contributed by atoms with Crippen LogP contribution in [0.25, 0.3) is 0 Å². The van der Waals surface area contributed by atoms with E-state index in [1.807, 2.05) is 0 Å². The Bertz CT molecular complexity index is 296. The molecule has 0 amide bonds. The number of hydrogen-bond donors (Lipinski definition) is 1. The van der Waals surface area contributed by atoms with Crippen molar-refractivity contribution in [1.82, 2.24) is 10.5 Å². The number of alkyl halides is 3. The maximum Gasteiger partial charge on any atom is 0.389 e. The van der Waals surface area contributed by atoms with Crippen molar-refractivity contribution in [2.45, 2.75) is 32.5 Å². The maximum absolute atomic E-state index is 11.8. The Morgan fingerprint density at radius 2 is 2.20 bits per heavy atom. The van der Waals surface area contributed by atoms with Crippen molar-refractivity contribution in [3.05, 3.63) is 17.5 Å². The lowest BCUT2D eigenvalue weighted by molar-refractivity contribution is -0.135. The van der Waals surface area contributed by atoms with Crippen molar-refractivity contribution >= 4 is 0 Å². The molecule has 0 aromatic carbocycles. The first kappa shape index (κ1) is 12.0. The number of aromatic nitrogens is 1. The Balaban J connectivity index is 2.07. The number of nitrogens with zero attached hydrogens (tertiary/aromatic N) is 1. The summed E-state index contributed by atoms with van der Waals surface area (Å²) in [5.74, 6) is 0.638. The van der Waals surface area contributed by atoms with Crippen LogP contribution in [-0.2, 0) is 6.54 Å². The molecule has 3 nitrogen and oxygen atoms in total. The van der Waals surface area contributed by atoms with E-state index in [-0.39, 0.29) is 6.42 Å². The summed E-state index contributed by atoms with van der Waals surface area (Å²) in [4.78, 5) is 0. The smallest absolute Gasteiger partial charge is 0.360 e. The van der Waals surface area contributed by atoms with Gasteiger partial charge in [-0.15, -0.1) is 0 Å². The van der Waals surface area contributed by atoms with Crippen molar-refractivity contribution < 1.29 is 17.7 Å². The first-order chi connectivity index (χ1) is 6.97. The second-order valence-electron chi connectivity index (χ2n) is 3.33. The minimum atomic E-state index is -4.06. The molecule has 0 radical (unpaired) electrons. The highest BCUT2D eigenvalue weighted by Crippen LogP contribution is 2.20. The molecule has 0 saturated heterocycles. The molecule has 0 spiro atoms. The average Bonchev–Trinajstić information content (AvgIpc) is 2.49. The van der Waals surface area contributed by atoms with Gasteiger partial charge in [-0.2, -0.15) is 13.2 Å². The van der Waals surface area contributed by atoms with E-state index in [0.717, 1.165) is 5.69 Å². The molecule has 0 saturated carbocycles. The molecule has 1 rings (SSSR count). The molecule has 0 bridgehead atoms. The van der Waals surface area contributed by atoms with Gasteiger partial charge in [0.25, 0.3) is 0 Å². The van der Waals surface area contributed by atoms with Crippen LogP contribution in [0, 0.1) is 6.92 Å². The zero-order valence-electron chi connectivity index (χ0n) is 8.40. The predicted octanol–water partition coefficient (Wildman–Crippen LogP) is 2.42. The topological polar surface area (TPSA) is 38.1 Å². The van der Waals surface area contributed by atoms with Gasteiger partial charge in [0.2, 0.25) is 0 Å². The number of nitrogens with one attached hydrogen (secondary N) is 1. The highest BCUT2D eigenvalue weighted by atomic mass is 19.4. The summed E-state index contributed by atoms with van der Waals surface area (Å²) in [5, 5.41) is 6.51. The summed E-state index contributed by atoms with van der Waals surface area (Å²) >= 11 is 0. The van der Waals surface area contributed by atoms with E-state index in [1.165, 1.54) is 0 Å². The van der Waals surface area contributed by atoms with Gasteiger partial charge >= 0.3 is 6.18 Å². The van der Waals surface area contributed by atoms with Crippen LogP contribution in [0.4, 0.5) is 13.2 Å². The number of rotatable bonds is 5. The number of halogens is 3. The maximum atomic E-state index is 11.8. The van der Waals surface area contributed by atoms with Crippen LogP contribution in [0.3, 0.4) is 0 Å². The fourth-order valence-electron chi connectivity index (χ4n) is 1.13. The molecule has 6 heteroatoms. The molecule has 0 unspecified atom stereocenters. The SMILES string of the molecule is Cc1cc(CNCCCC(F)(F)F)on1. The molecule has 0 aliphatic rings. The van der Waals surface area contributed by atoms with E-state index < -0.39 is 12.6 Å². The van der Waals surface area contributed by atoms with E-state index in [1.54, 1.807) is 13.0 Å². The summed E-state index contributed by atoms with van der Waals surface area (Å²) in [6.07, 6.45) is -4.74. The fraction of sp³-hybridized carbons (Fsp3) is 0.667. The molecule has 15 heavy (non-hydrogen) atoms. The fourth-order valence-corrected chi connectivity index (χ4v) is 1.13. The van der Waals surface area contributed by atoms with Gasteiger partial charge in [0.05, 0.1) is 12.2 Å². The van der Waals surface area contributed by atoms with Crippen LogP contribution in [0.5, 0.6) is 0 Å². The number of hydrogen-bond acceptors (Lipinski definition) is 3. The van der Waals surface area contributed by atoms with Crippen LogP contribution >= 0.6 is 0 Å². The second-order valence-corrected chi connectivity index (χ2v) is 3.33. The average molecular weight is 222 g/mol. The first-order valence-electron chi connectivity index (χ1n) is 4.67. The molecular formula is C9H13F3N2O. The van der Waals surface area contributed by atoms with E-state index in [9.17, 15) is 13.2 Å². The molecule has 1 heterocycles. The van der Waals surface area contributed by atoms with Crippen LogP contribution < -0.4 is 5.32 Å². The van der Waals surface area contributed by atoms with Gasteiger partial charge in [-0.25, -0.2) is 0 Å². The minimum Gasteiger partial charge on any atom is -0.360 e. The largest absolute Gasteiger partial charge is 0.389 e. The standard InChI is InChI=1S/C9H13F3N2O/c1-7-5-8(15-14-7)6-13-4-2-3-9(10,11)12/h5,13H,2-4,6H2,1H3. The van der Waals surface area contributed by atoms with Gasteiger partial charge < -0.3 is 9.84 Å². The van der Waals surface area contributed by atoms with Gasteiger partial charge in [0.1, 0.15) is 0 Å². The first-order valence-corrected chi connectivity index (χ1v) is 4.67. The summed E-state index contributed by atoms with van der Waals surface area (Å²) in [5.41, 5.74) is 0.766. The molecule has 1 aromatic heterocycles. The van der Waals surface area contributed by atoms with Crippen molar-refractivity contribution in [2.75, 3.05) is 6.54 Å². The van der Waals surface area contributed by atoms with Crippen LogP contribution in [0.15, 0.2) is 10.6 Å². The van der Waals surface area contributed by atoms with Gasteiger partial charge in [-0.05, 0) is 19.9 Å². The molecule has 0 aliphatic heterocycles. The van der Waals surface area contributed by atoms with Crippen molar-refractivity contribution in [3.8, 4) is 0 Å². The molecular weight excluding hydrogens is 209 g/mol. The second kappa shape index (κ2) is 5.16. The molecule has 0 aliphatic carbocycles. The molecule has 1 N–H and O–H groups in total. The lowest BCUT2D eigenvalue weighted by atomic mass is 10.3. The van der Waals surface area contributed by atoms with Gasteiger partial charge in [-0.1, -0.05) is 5.16 Å². The summed E-state index contributed by atoms with van der Waals surface area (Å²) in [6, 6.07) is 1.75. The molecule has 0 atom stereocenters. The van der Waals surface area contributed by atoms with Crippen molar-refractivity contribution in [2.24, 2.45) is 0 Å². The van der Waals surface area contributed by atoms with Crippen molar-refractivity contribution in [1.29, 1.82) is 0 Å². The summed E-state index contributed by atoms with van der Waals surface area (Å²) < 4.78 is 40.1. The summed E-state index contributed by atoms with van der Waals surface area (Å²) in [7, 11) is 0. The Morgan fingerprint density at radius 3 is 2.73 bits per heavy atom. The quantitative estimate of drug-likeness (QED) is 0.777. The lowest BCUT2D eigenvalue weighted by Gasteiger charge is -2.05. The molecule has 1 aromatic rings. The van der Waals surface area contributed by atoms with E-state index in [4.69, 9.17) is 4.52 Å². The minimum absolute atomic E-state index is 0.0800. The Morgan fingerprint density at radius 1 is 1.47 bits per heavy atom. The van der Waals surface area contributed by atoms with Gasteiger partial charge in [0, 0.05) is 12.5 Å². The molecule has 0 fully saturated rings. The van der Waals surface area contributed by atoms with E-state index >= 15 is 0 Å². The third-order valence-electron chi connectivity index (χ3n) is 1.79. The normalized spacial score (nSPS) is 12.0. The van der Waals surface area contributed by atoms with E-state index in [2.05, 4.69) is 10.5 Å². The van der Waals surface area contributed by atoms with Crippen LogP contribution in [-0.4, -0.2) is 17.9 Å². The Hall–Kier alpha value is -1.04. The molecule has 86 valence electrons. The zero-order valence-corrected chi connectivity index (χ0v) is 8.40. The Kier molecular flexibility index (Phi) is 4.14. The highest BCUT2D eigenvalue weighted by Gasteiger charge is 2.25. The van der Waals surface area contributed by atoms with Gasteiger partial charge in [0.15, 0.2) is 5.76 Å². The summed E-state index contributed by atoms with van der Waals surface area (Å²) in [6.45, 7) is 2.52. The monoisotopic (exact) mass is 222 g/mol. The van der Waals surface area contributed by atoms with Crippen molar-refractivity contribution in [3.63, 3.8) is 0 Å².